The molecular weight excluding hydrogens is 219 g/mol. The quantitative estimate of drug-likeness (QED) is 0.524. The van der Waals surface area contributed by atoms with Crippen LogP contribution in [-0.2, 0) is 3.74 Å². The van der Waals surface area contributed by atoms with Crippen molar-refractivity contribution in [3.63, 3.8) is 0 Å². The van der Waals surface area contributed by atoms with Crippen LogP contribution in [0.3, 0.4) is 0 Å². The normalized spacial score (nSPS) is 11.9. The average molecular weight is 238 g/mol. The van der Waals surface area contributed by atoms with E-state index in [-0.39, 0.29) is 5.21 Å². The van der Waals surface area contributed by atoms with Crippen LogP contribution in [0.15, 0.2) is 0 Å². The second-order valence-electron chi connectivity index (χ2n) is 3.16. The van der Waals surface area contributed by atoms with Gasteiger partial charge >= 0.3 is 76.8 Å². The third-order valence-electron chi connectivity index (χ3n) is 1.80. The number of unbranched alkanes of at least 4 members (excludes halogenated alkanes) is 5. The molecule has 0 rings (SSSR count). The molecule has 12 heavy (non-hydrogen) atoms. The first-order chi connectivity index (χ1) is 5.56. The first kappa shape index (κ1) is 12.3. The molecule has 0 saturated heterocycles. The van der Waals surface area contributed by atoms with Gasteiger partial charge in [-0.2, -0.15) is 0 Å². The molecule has 0 aromatic rings. The van der Waals surface area contributed by atoms with E-state index in [0.717, 1.165) is 12.8 Å². The third kappa shape index (κ3) is 10.3. The number of hydrogen-bond donors (Lipinski definition) is 2. The van der Waals surface area contributed by atoms with Crippen LogP contribution >= 0.6 is 0 Å². The van der Waals surface area contributed by atoms with E-state index in [0.29, 0.717) is 6.42 Å². The second kappa shape index (κ2) is 6.76. The molecule has 0 aromatic carbocycles. The minimum atomic E-state index is -4.28. The minimum absolute atomic E-state index is 0.115. The zero-order valence-electron chi connectivity index (χ0n) is 7.70. The summed E-state index contributed by atoms with van der Waals surface area (Å²) in [6.07, 6.45) is 6.41. The molecule has 0 unspecified atom stereocenters. The zero-order chi connectivity index (χ0) is 9.45. The van der Waals surface area contributed by atoms with Gasteiger partial charge < -0.3 is 0 Å². The Bertz CT molecular complexity index is 141. The van der Waals surface area contributed by atoms with Crippen molar-refractivity contribution < 1.29 is 11.9 Å². The van der Waals surface area contributed by atoms with Crippen LogP contribution in [0.4, 0.5) is 0 Å². The summed E-state index contributed by atoms with van der Waals surface area (Å²) in [5.74, 6) is 0. The van der Waals surface area contributed by atoms with Crippen molar-refractivity contribution in [1.29, 1.82) is 0 Å². The first-order valence-corrected chi connectivity index (χ1v) is 8.38. The van der Waals surface area contributed by atoms with Gasteiger partial charge in [0.05, 0.1) is 0 Å². The van der Waals surface area contributed by atoms with Gasteiger partial charge in [-0.05, 0) is 0 Å². The fourth-order valence-electron chi connectivity index (χ4n) is 1.10. The molecule has 0 spiro atoms. The van der Waals surface area contributed by atoms with Gasteiger partial charge in [0, 0.05) is 0 Å². The van der Waals surface area contributed by atoms with E-state index in [1.54, 1.807) is 0 Å². The van der Waals surface area contributed by atoms with Gasteiger partial charge in [-0.25, -0.2) is 0 Å². The summed E-state index contributed by atoms with van der Waals surface area (Å²) in [6, 6.07) is 0. The summed E-state index contributed by atoms with van der Waals surface area (Å²) >= 11 is -4.28. The van der Waals surface area contributed by atoms with Gasteiger partial charge in [-0.15, -0.1) is 0 Å². The fourth-order valence-corrected chi connectivity index (χ4v) is 2.43. The summed E-state index contributed by atoms with van der Waals surface area (Å²) in [5, 5.41) is 0.115. The van der Waals surface area contributed by atoms with Crippen LogP contribution < -0.4 is 0 Å². The standard InChI is InChI=1S/C8H19AsO3/c1-2-3-4-5-6-7-8-9(10,11)12/h2-8H2,1H3,(H2,10,11,12). The van der Waals surface area contributed by atoms with Crippen molar-refractivity contribution in [1.82, 2.24) is 0 Å². The summed E-state index contributed by atoms with van der Waals surface area (Å²) in [6.45, 7) is 2.15. The predicted molar refractivity (Wildman–Crippen MR) is 49.1 cm³/mol. The second-order valence-corrected chi connectivity index (χ2v) is 6.88. The molecule has 0 aliphatic heterocycles. The van der Waals surface area contributed by atoms with Crippen molar-refractivity contribution in [2.45, 2.75) is 50.7 Å². The topological polar surface area (TPSA) is 57.5 Å². The van der Waals surface area contributed by atoms with Crippen molar-refractivity contribution in [2.24, 2.45) is 0 Å². The van der Waals surface area contributed by atoms with Gasteiger partial charge in [0.2, 0.25) is 0 Å². The van der Waals surface area contributed by atoms with E-state index < -0.39 is 14.2 Å². The molecule has 0 fully saturated rings. The summed E-state index contributed by atoms with van der Waals surface area (Å²) < 4.78 is 27.7. The van der Waals surface area contributed by atoms with E-state index >= 15 is 0 Å². The molecule has 0 amide bonds. The maximum atomic E-state index is 10.5. The molecule has 0 bridgehead atoms. The van der Waals surface area contributed by atoms with Gasteiger partial charge in [0.15, 0.2) is 0 Å². The number of hydrogen-bond acceptors (Lipinski definition) is 1. The molecule has 0 aliphatic rings. The van der Waals surface area contributed by atoms with Crippen LogP contribution in [0.25, 0.3) is 0 Å². The van der Waals surface area contributed by atoms with E-state index in [1.165, 1.54) is 19.3 Å². The van der Waals surface area contributed by atoms with Crippen molar-refractivity contribution >= 4 is 14.2 Å². The first-order valence-electron chi connectivity index (χ1n) is 4.61. The van der Waals surface area contributed by atoms with Crippen LogP contribution in [0.5, 0.6) is 0 Å². The van der Waals surface area contributed by atoms with Crippen LogP contribution in [0.2, 0.25) is 5.21 Å². The molecular formula is C8H19AsO3. The van der Waals surface area contributed by atoms with Crippen LogP contribution in [-0.4, -0.2) is 22.4 Å². The Morgan fingerprint density at radius 1 is 1.00 bits per heavy atom. The van der Waals surface area contributed by atoms with E-state index in [4.69, 9.17) is 8.19 Å². The number of rotatable bonds is 7. The predicted octanol–water partition coefficient (Wildman–Crippen LogP) is 1.70. The van der Waals surface area contributed by atoms with Crippen molar-refractivity contribution in [2.75, 3.05) is 0 Å². The van der Waals surface area contributed by atoms with Crippen molar-refractivity contribution in [3.8, 4) is 0 Å². The van der Waals surface area contributed by atoms with E-state index in [1.807, 2.05) is 0 Å². The van der Waals surface area contributed by atoms with Crippen LogP contribution in [0, 0.1) is 0 Å². The Hall–Kier alpha value is 0.278. The van der Waals surface area contributed by atoms with Gasteiger partial charge in [0.25, 0.3) is 0 Å². The maximum absolute atomic E-state index is 10.5. The summed E-state index contributed by atoms with van der Waals surface area (Å²) in [4.78, 5) is 0. The van der Waals surface area contributed by atoms with Gasteiger partial charge in [0.1, 0.15) is 0 Å². The molecule has 0 atom stereocenters. The van der Waals surface area contributed by atoms with Gasteiger partial charge in [-0.3, -0.25) is 0 Å². The van der Waals surface area contributed by atoms with Gasteiger partial charge in [-0.1, -0.05) is 0 Å². The monoisotopic (exact) mass is 238 g/mol. The van der Waals surface area contributed by atoms with E-state index in [2.05, 4.69) is 6.92 Å². The Labute approximate surface area is 77.2 Å². The molecule has 0 aliphatic carbocycles. The fraction of sp³-hybridized carbons (Fsp3) is 1.00. The molecule has 0 radical (unpaired) electrons. The molecule has 4 heteroatoms. The Balaban J connectivity index is 3.06. The zero-order valence-corrected chi connectivity index (χ0v) is 9.58. The molecule has 0 heterocycles. The Morgan fingerprint density at radius 3 is 2.00 bits per heavy atom. The van der Waals surface area contributed by atoms with Crippen molar-refractivity contribution in [3.05, 3.63) is 0 Å². The van der Waals surface area contributed by atoms with E-state index in [9.17, 15) is 3.74 Å². The Kier molecular flexibility index (Phi) is 6.91. The third-order valence-corrected chi connectivity index (χ3v) is 3.69. The molecule has 3 nitrogen and oxygen atoms in total. The molecule has 74 valence electrons. The summed E-state index contributed by atoms with van der Waals surface area (Å²) in [5.41, 5.74) is 0. The Morgan fingerprint density at radius 2 is 1.50 bits per heavy atom. The average Bonchev–Trinajstić information content (AvgIpc) is 1.94. The molecule has 2 N–H and O–H groups in total. The van der Waals surface area contributed by atoms with Crippen LogP contribution in [0.1, 0.15) is 45.4 Å². The molecule has 0 aromatic heterocycles. The SMILES string of the molecule is CCCCCCCC[As](=O)(O)O. The summed E-state index contributed by atoms with van der Waals surface area (Å²) in [7, 11) is 0. The molecule has 0 saturated carbocycles.